The molecule has 0 radical (unpaired) electrons. The summed E-state index contributed by atoms with van der Waals surface area (Å²) in [7, 11) is -3.44. The van der Waals surface area contributed by atoms with E-state index < -0.39 is 10.0 Å². The van der Waals surface area contributed by atoms with E-state index in [0.717, 1.165) is 11.4 Å². The highest BCUT2D eigenvalue weighted by molar-refractivity contribution is 7.91. The topological polar surface area (TPSA) is 102 Å². The minimum absolute atomic E-state index is 0.249. The van der Waals surface area contributed by atoms with Crippen LogP contribution in [0.4, 0.5) is 5.82 Å². The molecule has 3 rings (SSSR count). The minimum Gasteiger partial charge on any atom is -0.369 e. The van der Waals surface area contributed by atoms with Crippen molar-refractivity contribution >= 4 is 27.2 Å². The summed E-state index contributed by atoms with van der Waals surface area (Å²) in [6.45, 7) is 4.52. The molecule has 3 aromatic heterocycles. The molecule has 25 heavy (non-hydrogen) atoms. The second kappa shape index (κ2) is 7.30. The molecule has 132 valence electrons. The number of hydrogen-bond donors (Lipinski definition) is 2. The number of aromatic nitrogens is 4. The molecule has 0 aliphatic heterocycles. The molecule has 0 unspecified atom stereocenters. The number of hydrogen-bond acceptors (Lipinski definition) is 7. The second-order valence-corrected chi connectivity index (χ2v) is 8.30. The van der Waals surface area contributed by atoms with Gasteiger partial charge in [0.15, 0.2) is 5.82 Å². The Kier molecular flexibility index (Phi) is 5.11. The highest BCUT2D eigenvalue weighted by atomic mass is 32.2. The van der Waals surface area contributed by atoms with Crippen molar-refractivity contribution in [3.8, 4) is 5.82 Å². The molecule has 0 aliphatic rings. The van der Waals surface area contributed by atoms with Crippen molar-refractivity contribution in [2.45, 2.75) is 18.1 Å². The van der Waals surface area contributed by atoms with Gasteiger partial charge in [0.05, 0.1) is 5.69 Å². The number of nitrogens with one attached hydrogen (secondary N) is 2. The number of aryl methyl sites for hydroxylation is 2. The van der Waals surface area contributed by atoms with Crippen molar-refractivity contribution in [1.29, 1.82) is 0 Å². The zero-order valence-corrected chi connectivity index (χ0v) is 15.4. The molecule has 0 bridgehead atoms. The molecule has 0 atom stereocenters. The van der Waals surface area contributed by atoms with E-state index in [0.29, 0.717) is 22.4 Å². The molecular formula is C15H18N6O2S2. The second-order valence-electron chi connectivity index (χ2n) is 5.36. The number of thiophene rings is 1. The van der Waals surface area contributed by atoms with E-state index in [1.54, 1.807) is 28.3 Å². The van der Waals surface area contributed by atoms with E-state index in [-0.39, 0.29) is 6.54 Å². The lowest BCUT2D eigenvalue weighted by Gasteiger charge is -2.09. The Morgan fingerprint density at radius 2 is 2.04 bits per heavy atom. The van der Waals surface area contributed by atoms with Crippen LogP contribution in [0.15, 0.2) is 40.2 Å². The maximum atomic E-state index is 12.0. The zero-order valence-electron chi connectivity index (χ0n) is 13.8. The highest BCUT2D eigenvalue weighted by Crippen LogP contribution is 2.15. The van der Waals surface area contributed by atoms with Crippen LogP contribution >= 0.6 is 11.3 Å². The van der Waals surface area contributed by atoms with Gasteiger partial charge in [-0.15, -0.1) is 11.3 Å². The number of nitrogens with zero attached hydrogens (tertiary/aromatic N) is 4. The molecule has 0 aromatic carbocycles. The van der Waals surface area contributed by atoms with Crippen molar-refractivity contribution in [2.24, 2.45) is 0 Å². The third kappa shape index (κ3) is 4.21. The van der Waals surface area contributed by atoms with Crippen molar-refractivity contribution in [3.63, 3.8) is 0 Å². The highest BCUT2D eigenvalue weighted by Gasteiger charge is 2.13. The third-order valence-corrected chi connectivity index (χ3v) is 6.22. The van der Waals surface area contributed by atoms with Gasteiger partial charge in [0, 0.05) is 24.8 Å². The van der Waals surface area contributed by atoms with Gasteiger partial charge in [0.25, 0.3) is 0 Å². The van der Waals surface area contributed by atoms with Gasteiger partial charge < -0.3 is 5.32 Å². The molecule has 0 saturated carbocycles. The first-order valence-electron chi connectivity index (χ1n) is 7.58. The SMILES string of the molecule is Cc1cc(C)n(-c2cc(NCCNS(=O)(=O)c3cccs3)ncn2)n1. The van der Waals surface area contributed by atoms with E-state index in [9.17, 15) is 8.42 Å². The van der Waals surface area contributed by atoms with Gasteiger partial charge >= 0.3 is 0 Å². The summed E-state index contributed by atoms with van der Waals surface area (Å²) < 4.78 is 28.6. The standard InChI is InChI=1S/C15H18N6O2S2/c1-11-8-12(2)21(20-11)14-9-13(17-10-18-14)16-5-6-19-25(22,23)15-4-3-7-24-15/h3-4,7-10,19H,5-6H2,1-2H3,(H,16,17,18). The van der Waals surface area contributed by atoms with E-state index in [1.807, 2.05) is 19.9 Å². The Hall–Kier alpha value is -2.30. The van der Waals surface area contributed by atoms with Gasteiger partial charge in [-0.25, -0.2) is 27.8 Å². The maximum absolute atomic E-state index is 12.0. The zero-order chi connectivity index (χ0) is 17.9. The van der Waals surface area contributed by atoms with Crippen LogP contribution in [0.1, 0.15) is 11.4 Å². The molecule has 0 aliphatic carbocycles. The molecule has 0 spiro atoms. The predicted molar refractivity (Wildman–Crippen MR) is 96.6 cm³/mol. The number of rotatable bonds is 7. The quantitative estimate of drug-likeness (QED) is 0.607. The minimum atomic E-state index is -3.44. The van der Waals surface area contributed by atoms with Crippen LogP contribution in [0.3, 0.4) is 0 Å². The first kappa shape index (κ1) is 17.5. The molecule has 10 heteroatoms. The van der Waals surface area contributed by atoms with Gasteiger partial charge in [-0.2, -0.15) is 5.10 Å². The molecule has 2 N–H and O–H groups in total. The monoisotopic (exact) mass is 378 g/mol. The van der Waals surface area contributed by atoms with Crippen LogP contribution in [0.5, 0.6) is 0 Å². The Balaban J connectivity index is 1.59. The van der Waals surface area contributed by atoms with Gasteiger partial charge in [-0.3, -0.25) is 0 Å². The first-order valence-corrected chi connectivity index (χ1v) is 9.95. The average Bonchev–Trinajstić information content (AvgIpc) is 3.22. The van der Waals surface area contributed by atoms with Gasteiger partial charge in [0.1, 0.15) is 16.4 Å². The lowest BCUT2D eigenvalue weighted by Crippen LogP contribution is -2.28. The molecule has 8 nitrogen and oxygen atoms in total. The van der Waals surface area contributed by atoms with Gasteiger partial charge in [-0.05, 0) is 31.4 Å². The normalized spacial score (nSPS) is 11.6. The Bertz CT molecular complexity index is 950. The van der Waals surface area contributed by atoms with Gasteiger partial charge in [0.2, 0.25) is 10.0 Å². The summed E-state index contributed by atoms with van der Waals surface area (Å²) in [4.78, 5) is 8.37. The molecule has 0 fully saturated rings. The molecule has 0 saturated heterocycles. The summed E-state index contributed by atoms with van der Waals surface area (Å²) in [5.41, 5.74) is 1.89. The summed E-state index contributed by atoms with van der Waals surface area (Å²) in [5, 5.41) is 9.20. The van der Waals surface area contributed by atoms with E-state index in [1.165, 1.54) is 17.7 Å². The number of sulfonamides is 1. The van der Waals surface area contributed by atoms with Crippen LogP contribution < -0.4 is 10.0 Å². The lowest BCUT2D eigenvalue weighted by atomic mass is 10.4. The lowest BCUT2D eigenvalue weighted by molar-refractivity contribution is 0.585. The van der Waals surface area contributed by atoms with Gasteiger partial charge in [-0.1, -0.05) is 6.07 Å². The largest absolute Gasteiger partial charge is 0.369 e. The van der Waals surface area contributed by atoms with Crippen molar-refractivity contribution in [3.05, 3.63) is 47.4 Å². The van der Waals surface area contributed by atoms with E-state index >= 15 is 0 Å². The Morgan fingerprint density at radius 3 is 2.72 bits per heavy atom. The van der Waals surface area contributed by atoms with Crippen LogP contribution in [0.25, 0.3) is 5.82 Å². The average molecular weight is 378 g/mol. The summed E-state index contributed by atoms with van der Waals surface area (Å²) >= 11 is 1.19. The number of anilines is 1. The van der Waals surface area contributed by atoms with Crippen molar-refractivity contribution < 1.29 is 8.42 Å². The molecule has 0 amide bonds. The summed E-state index contributed by atoms with van der Waals surface area (Å²) in [6, 6.07) is 7.02. The third-order valence-electron chi connectivity index (χ3n) is 3.36. The Morgan fingerprint density at radius 1 is 1.20 bits per heavy atom. The fourth-order valence-electron chi connectivity index (χ4n) is 2.28. The van der Waals surface area contributed by atoms with Crippen molar-refractivity contribution in [1.82, 2.24) is 24.5 Å². The summed E-state index contributed by atoms with van der Waals surface area (Å²) in [5.74, 6) is 1.26. The van der Waals surface area contributed by atoms with E-state index in [4.69, 9.17) is 0 Å². The van der Waals surface area contributed by atoms with Crippen molar-refractivity contribution in [2.75, 3.05) is 18.4 Å². The van der Waals surface area contributed by atoms with Crippen LogP contribution in [-0.4, -0.2) is 41.3 Å². The fraction of sp³-hybridized carbons (Fsp3) is 0.267. The van der Waals surface area contributed by atoms with Crippen LogP contribution in [0, 0.1) is 13.8 Å². The molecule has 3 heterocycles. The Labute approximate surface area is 150 Å². The predicted octanol–water partition coefficient (Wildman–Crippen LogP) is 1.73. The molecule has 3 aromatic rings. The maximum Gasteiger partial charge on any atom is 0.250 e. The first-order chi connectivity index (χ1) is 12.0. The smallest absolute Gasteiger partial charge is 0.250 e. The molecular weight excluding hydrogens is 360 g/mol. The summed E-state index contributed by atoms with van der Waals surface area (Å²) in [6.07, 6.45) is 1.45. The van der Waals surface area contributed by atoms with Crippen LogP contribution in [0.2, 0.25) is 0 Å². The fourth-order valence-corrected chi connectivity index (χ4v) is 4.35. The van der Waals surface area contributed by atoms with Crippen LogP contribution in [-0.2, 0) is 10.0 Å². The van der Waals surface area contributed by atoms with E-state index in [2.05, 4.69) is 25.1 Å².